The van der Waals surface area contributed by atoms with E-state index in [1.165, 1.54) is 16.5 Å². The molecule has 3 aromatic rings. The van der Waals surface area contributed by atoms with Crippen molar-refractivity contribution in [2.45, 2.75) is 44.6 Å². The number of benzene rings is 1. The minimum atomic E-state index is -2.69. The lowest BCUT2D eigenvalue weighted by Gasteiger charge is -2.36. The highest BCUT2D eigenvalue weighted by Crippen LogP contribution is 2.27. The molecule has 0 amide bonds. The molecule has 136 valence electrons. The summed E-state index contributed by atoms with van der Waals surface area (Å²) in [5.74, 6) is 0.316. The Balaban J connectivity index is 1.57. The van der Waals surface area contributed by atoms with Crippen molar-refractivity contribution in [1.29, 1.82) is 0 Å². The number of hydrogen-bond donors (Lipinski definition) is 0. The fourth-order valence-electron chi connectivity index (χ4n) is 3.67. The summed E-state index contributed by atoms with van der Waals surface area (Å²) >= 11 is 0. The monoisotopic (exact) mass is 357 g/mol. The highest BCUT2D eigenvalue weighted by Gasteiger charge is 2.25. The molecule has 1 aliphatic rings. The van der Waals surface area contributed by atoms with E-state index in [4.69, 9.17) is 0 Å². The SMILES string of the molecule is FC(F)c1nnc2ccc(N3CCCCC3CCc3ccccc3)nn12. The Bertz CT molecular complexity index is 865. The molecule has 1 aliphatic heterocycles. The summed E-state index contributed by atoms with van der Waals surface area (Å²) in [7, 11) is 0. The normalized spacial score (nSPS) is 18.0. The molecular weight excluding hydrogens is 336 g/mol. The van der Waals surface area contributed by atoms with Gasteiger partial charge >= 0.3 is 0 Å². The second kappa shape index (κ2) is 7.35. The van der Waals surface area contributed by atoms with Gasteiger partial charge in [0.25, 0.3) is 6.43 Å². The second-order valence-corrected chi connectivity index (χ2v) is 6.69. The molecule has 0 radical (unpaired) electrons. The van der Waals surface area contributed by atoms with Crippen LogP contribution in [0.1, 0.15) is 43.5 Å². The van der Waals surface area contributed by atoms with Gasteiger partial charge in [0.2, 0.25) is 5.82 Å². The minimum Gasteiger partial charge on any atom is -0.352 e. The van der Waals surface area contributed by atoms with Crippen molar-refractivity contribution in [2.24, 2.45) is 0 Å². The fourth-order valence-corrected chi connectivity index (χ4v) is 3.67. The van der Waals surface area contributed by atoms with Gasteiger partial charge in [-0.2, -0.15) is 4.52 Å². The zero-order chi connectivity index (χ0) is 17.9. The van der Waals surface area contributed by atoms with E-state index in [0.29, 0.717) is 11.7 Å². The van der Waals surface area contributed by atoms with E-state index in [9.17, 15) is 8.78 Å². The Morgan fingerprint density at radius 1 is 1.04 bits per heavy atom. The first-order valence-electron chi connectivity index (χ1n) is 9.03. The van der Waals surface area contributed by atoms with Crippen LogP contribution in [0.15, 0.2) is 42.5 Å². The first-order chi connectivity index (χ1) is 12.7. The summed E-state index contributed by atoms with van der Waals surface area (Å²) in [6.45, 7) is 0.893. The molecule has 1 fully saturated rings. The van der Waals surface area contributed by atoms with Gasteiger partial charge in [-0.25, -0.2) is 8.78 Å². The van der Waals surface area contributed by atoms with Crippen LogP contribution in [0, 0.1) is 0 Å². The number of aryl methyl sites for hydroxylation is 1. The number of piperidine rings is 1. The Hall–Kier alpha value is -2.57. The summed E-state index contributed by atoms with van der Waals surface area (Å²) < 4.78 is 27.4. The molecular formula is C19H21F2N5. The zero-order valence-electron chi connectivity index (χ0n) is 14.4. The van der Waals surface area contributed by atoms with Crippen molar-refractivity contribution < 1.29 is 8.78 Å². The molecule has 4 rings (SSSR count). The van der Waals surface area contributed by atoms with Gasteiger partial charge in [-0.1, -0.05) is 30.3 Å². The standard InChI is InChI=1S/C19H21F2N5/c20-18(21)19-23-22-16-11-12-17(24-26(16)19)25-13-5-4-8-15(25)10-9-14-6-2-1-3-7-14/h1-3,6-7,11-12,15,18H,4-5,8-10,13H2. The van der Waals surface area contributed by atoms with Gasteiger partial charge in [-0.3, -0.25) is 0 Å². The van der Waals surface area contributed by atoms with Gasteiger partial charge in [0, 0.05) is 12.6 Å². The number of alkyl halides is 2. The second-order valence-electron chi connectivity index (χ2n) is 6.69. The van der Waals surface area contributed by atoms with Crippen LogP contribution < -0.4 is 4.90 Å². The number of nitrogens with zero attached hydrogens (tertiary/aromatic N) is 5. The summed E-state index contributed by atoms with van der Waals surface area (Å²) in [6.07, 6.45) is 2.70. The van der Waals surface area contributed by atoms with Crippen molar-refractivity contribution in [3.63, 3.8) is 0 Å². The predicted octanol–water partition coefficient (Wildman–Crippen LogP) is 4.05. The molecule has 0 spiro atoms. The molecule has 3 heterocycles. The van der Waals surface area contributed by atoms with Crippen LogP contribution in [-0.4, -0.2) is 32.4 Å². The number of rotatable bonds is 5. The van der Waals surface area contributed by atoms with Gasteiger partial charge in [-0.05, 0) is 49.8 Å². The first-order valence-corrected chi connectivity index (χ1v) is 9.03. The van der Waals surface area contributed by atoms with Gasteiger partial charge in [-0.15, -0.1) is 15.3 Å². The van der Waals surface area contributed by atoms with Crippen molar-refractivity contribution in [1.82, 2.24) is 19.8 Å². The average molecular weight is 357 g/mol. The Morgan fingerprint density at radius 2 is 1.88 bits per heavy atom. The van der Waals surface area contributed by atoms with Crippen LogP contribution in [0.2, 0.25) is 0 Å². The lowest BCUT2D eigenvalue weighted by Crippen LogP contribution is -2.40. The number of anilines is 1. The number of hydrogen-bond acceptors (Lipinski definition) is 4. The number of halogens is 2. The molecule has 5 nitrogen and oxygen atoms in total. The molecule has 26 heavy (non-hydrogen) atoms. The number of aromatic nitrogens is 4. The van der Waals surface area contributed by atoms with Crippen molar-refractivity contribution in [2.75, 3.05) is 11.4 Å². The van der Waals surface area contributed by atoms with Crippen molar-refractivity contribution >= 4 is 11.5 Å². The van der Waals surface area contributed by atoms with E-state index in [-0.39, 0.29) is 0 Å². The lowest BCUT2D eigenvalue weighted by molar-refractivity contribution is 0.137. The van der Waals surface area contributed by atoms with E-state index < -0.39 is 12.2 Å². The van der Waals surface area contributed by atoms with E-state index in [1.54, 1.807) is 6.07 Å². The third-order valence-electron chi connectivity index (χ3n) is 5.00. The quantitative estimate of drug-likeness (QED) is 0.691. The smallest absolute Gasteiger partial charge is 0.299 e. The highest BCUT2D eigenvalue weighted by molar-refractivity contribution is 5.47. The zero-order valence-corrected chi connectivity index (χ0v) is 14.4. The summed E-state index contributed by atoms with van der Waals surface area (Å²) in [5, 5.41) is 11.8. The van der Waals surface area contributed by atoms with E-state index in [0.717, 1.165) is 38.0 Å². The van der Waals surface area contributed by atoms with Gasteiger partial charge in [0.1, 0.15) is 5.82 Å². The molecule has 2 aromatic heterocycles. The largest absolute Gasteiger partial charge is 0.352 e. The molecule has 1 saturated heterocycles. The van der Waals surface area contributed by atoms with E-state index >= 15 is 0 Å². The Morgan fingerprint density at radius 3 is 2.69 bits per heavy atom. The molecule has 1 unspecified atom stereocenters. The number of fused-ring (bicyclic) bond motifs is 1. The third kappa shape index (κ3) is 3.38. The summed E-state index contributed by atoms with van der Waals surface area (Å²) in [4.78, 5) is 2.25. The fraction of sp³-hybridized carbons (Fsp3) is 0.421. The summed E-state index contributed by atoms with van der Waals surface area (Å²) in [5.41, 5.74) is 1.67. The third-order valence-corrected chi connectivity index (χ3v) is 5.00. The van der Waals surface area contributed by atoms with E-state index in [1.807, 2.05) is 12.1 Å². The van der Waals surface area contributed by atoms with Gasteiger partial charge in [0.05, 0.1) is 0 Å². The topological polar surface area (TPSA) is 46.3 Å². The molecule has 0 aliphatic carbocycles. The average Bonchev–Trinajstić information content (AvgIpc) is 3.11. The predicted molar refractivity (Wildman–Crippen MR) is 95.5 cm³/mol. The minimum absolute atomic E-state index is 0.349. The highest BCUT2D eigenvalue weighted by atomic mass is 19.3. The maximum absolute atomic E-state index is 13.1. The van der Waals surface area contributed by atoms with Crippen LogP contribution in [-0.2, 0) is 6.42 Å². The Labute approximate surface area is 150 Å². The molecule has 1 aromatic carbocycles. The summed E-state index contributed by atoms with van der Waals surface area (Å²) in [6, 6.07) is 14.4. The van der Waals surface area contributed by atoms with Gasteiger partial charge in [0.15, 0.2) is 5.65 Å². The van der Waals surface area contributed by atoms with Gasteiger partial charge < -0.3 is 4.90 Å². The van der Waals surface area contributed by atoms with Crippen LogP contribution >= 0.6 is 0 Å². The molecule has 0 bridgehead atoms. The van der Waals surface area contributed by atoms with Crippen molar-refractivity contribution in [3.05, 3.63) is 53.9 Å². The van der Waals surface area contributed by atoms with Crippen LogP contribution in [0.25, 0.3) is 5.65 Å². The molecule has 7 heteroatoms. The van der Waals surface area contributed by atoms with Crippen LogP contribution in [0.4, 0.5) is 14.6 Å². The van der Waals surface area contributed by atoms with E-state index in [2.05, 4.69) is 44.5 Å². The molecule has 1 atom stereocenters. The maximum atomic E-state index is 13.1. The van der Waals surface area contributed by atoms with Crippen molar-refractivity contribution in [3.8, 4) is 0 Å². The Kier molecular flexibility index (Phi) is 4.77. The molecule has 0 N–H and O–H groups in total. The maximum Gasteiger partial charge on any atom is 0.299 e. The van der Waals surface area contributed by atoms with Crippen LogP contribution in [0.5, 0.6) is 0 Å². The van der Waals surface area contributed by atoms with Crippen LogP contribution in [0.3, 0.4) is 0 Å². The lowest BCUT2D eigenvalue weighted by atomic mass is 9.96. The first kappa shape index (κ1) is 16.9. The molecule has 0 saturated carbocycles.